The minimum absolute atomic E-state index is 0.201. The Bertz CT molecular complexity index is 2020. The van der Waals surface area contributed by atoms with Crippen molar-refractivity contribution in [1.29, 1.82) is 0 Å². The van der Waals surface area contributed by atoms with Crippen LogP contribution >= 0.6 is 0 Å². The van der Waals surface area contributed by atoms with Gasteiger partial charge in [-0.05, 0) is 29.3 Å². The third kappa shape index (κ3) is 11.9. The Hall–Kier alpha value is -6.21. The second-order valence-corrected chi connectivity index (χ2v) is 11.6. The number of aromatic nitrogens is 4. The van der Waals surface area contributed by atoms with Crippen molar-refractivity contribution in [3.05, 3.63) is 103 Å². The van der Waals surface area contributed by atoms with Gasteiger partial charge in [0.25, 0.3) is 5.91 Å². The largest absolute Gasteiger partial charge is 0.490 e. The van der Waals surface area contributed by atoms with Crippen LogP contribution in [0.1, 0.15) is 16.1 Å². The molecule has 4 heterocycles. The van der Waals surface area contributed by atoms with Crippen LogP contribution in [0.25, 0.3) is 33.3 Å². The summed E-state index contributed by atoms with van der Waals surface area (Å²) in [7, 11) is 0. The number of carboxylic acid groups (broad SMARTS) is 2. The second kappa shape index (κ2) is 18.7. The third-order valence-electron chi connectivity index (χ3n) is 7.91. The summed E-state index contributed by atoms with van der Waals surface area (Å²) in [5.41, 5.74) is 11.8. The van der Waals surface area contributed by atoms with E-state index in [9.17, 15) is 31.1 Å². The van der Waals surface area contributed by atoms with Crippen molar-refractivity contribution in [3.8, 4) is 22.4 Å². The molecule has 13 nitrogen and oxygen atoms in total. The molecular formula is C36H34F6N8O5. The van der Waals surface area contributed by atoms with E-state index < -0.39 is 24.3 Å². The normalized spacial score (nSPS) is 13.2. The standard InChI is InChI=1S/C32H32N8O.2C2HF3O2/c33-22-23-7-9-25(10-8-23)29-26(24-5-2-1-3-6-24)21-27-28(38-29)11-14-34-30(27)31(41)35-15-16-39-17-19-40(20-18-39)32-36-12-4-13-37-32;2*3-2(4,5)1(6)7/h1-14,21H,15-20,22,33H2,(H,35,41);2*(H,6,7). The van der Waals surface area contributed by atoms with Crippen LogP contribution in [-0.4, -0.2) is 105 Å². The number of nitrogens with one attached hydrogen (secondary N) is 1. The lowest BCUT2D eigenvalue weighted by Crippen LogP contribution is -2.49. The number of fused-ring (bicyclic) bond motifs is 1. The Kier molecular flexibility index (Phi) is 14.1. The maximum absolute atomic E-state index is 13.4. The number of aliphatic carboxylic acids is 2. The fraction of sp³-hybridized carbons (Fsp3) is 0.250. The van der Waals surface area contributed by atoms with Crippen molar-refractivity contribution in [2.75, 3.05) is 44.2 Å². The zero-order valence-electron chi connectivity index (χ0n) is 28.8. The molecule has 1 aliphatic rings. The molecule has 0 bridgehead atoms. The fourth-order valence-electron chi connectivity index (χ4n) is 5.17. The molecule has 290 valence electrons. The SMILES string of the molecule is NCc1ccc(-c2nc3ccnc(C(=O)NCCN4CCN(c5ncccn5)CC4)c3cc2-c2ccccc2)cc1.O=C(O)C(F)(F)F.O=C(O)C(F)(F)F. The number of amides is 1. The highest BCUT2D eigenvalue weighted by atomic mass is 19.4. The molecule has 1 amide bonds. The molecule has 0 unspecified atom stereocenters. The van der Waals surface area contributed by atoms with Crippen molar-refractivity contribution in [2.24, 2.45) is 5.73 Å². The molecule has 19 heteroatoms. The molecular weight excluding hydrogens is 738 g/mol. The molecule has 0 saturated carbocycles. The van der Waals surface area contributed by atoms with E-state index in [2.05, 4.69) is 42.2 Å². The van der Waals surface area contributed by atoms with Crippen LogP contribution in [0, 0.1) is 0 Å². The number of piperazine rings is 1. The average Bonchev–Trinajstić information content (AvgIpc) is 3.18. The van der Waals surface area contributed by atoms with E-state index in [0.29, 0.717) is 18.8 Å². The van der Waals surface area contributed by atoms with E-state index in [1.807, 2.05) is 60.7 Å². The number of pyridine rings is 2. The van der Waals surface area contributed by atoms with E-state index in [-0.39, 0.29) is 5.91 Å². The van der Waals surface area contributed by atoms with Gasteiger partial charge in [0.05, 0.1) is 11.2 Å². The van der Waals surface area contributed by atoms with E-state index in [0.717, 1.165) is 77.5 Å². The lowest BCUT2D eigenvalue weighted by molar-refractivity contribution is -0.193. The van der Waals surface area contributed by atoms with Crippen LogP contribution in [0.15, 0.2) is 91.4 Å². The number of rotatable bonds is 8. The highest BCUT2D eigenvalue weighted by molar-refractivity contribution is 6.06. The molecule has 1 saturated heterocycles. The number of benzene rings is 2. The smallest absolute Gasteiger partial charge is 0.475 e. The summed E-state index contributed by atoms with van der Waals surface area (Å²) in [6.07, 6.45) is -4.98. The number of carbonyl (C=O) groups is 3. The first kappa shape index (κ1) is 41.5. The van der Waals surface area contributed by atoms with Crippen molar-refractivity contribution in [3.63, 3.8) is 0 Å². The molecule has 5 aromatic rings. The molecule has 2 aromatic carbocycles. The molecule has 0 spiro atoms. The minimum Gasteiger partial charge on any atom is -0.475 e. The Morgan fingerprint density at radius 3 is 1.87 bits per heavy atom. The van der Waals surface area contributed by atoms with Gasteiger partial charge in [0.2, 0.25) is 5.95 Å². The van der Waals surface area contributed by atoms with E-state index in [1.54, 1.807) is 18.6 Å². The van der Waals surface area contributed by atoms with Crippen LogP contribution < -0.4 is 16.0 Å². The number of hydrogen-bond acceptors (Lipinski definition) is 10. The molecule has 0 radical (unpaired) electrons. The summed E-state index contributed by atoms with van der Waals surface area (Å²) < 4.78 is 63.5. The van der Waals surface area contributed by atoms with Gasteiger partial charge in [0, 0.05) is 80.9 Å². The van der Waals surface area contributed by atoms with Crippen molar-refractivity contribution < 1.29 is 50.9 Å². The van der Waals surface area contributed by atoms with Crippen molar-refractivity contribution in [2.45, 2.75) is 18.9 Å². The summed E-state index contributed by atoms with van der Waals surface area (Å²) in [5.74, 6) is -4.95. The van der Waals surface area contributed by atoms with Crippen molar-refractivity contribution in [1.82, 2.24) is 30.2 Å². The van der Waals surface area contributed by atoms with Gasteiger partial charge in [0.15, 0.2) is 0 Å². The lowest BCUT2D eigenvalue weighted by atomic mass is 9.96. The van der Waals surface area contributed by atoms with Crippen LogP contribution in [-0.2, 0) is 16.1 Å². The van der Waals surface area contributed by atoms with Crippen molar-refractivity contribution >= 4 is 34.7 Å². The van der Waals surface area contributed by atoms with E-state index in [4.69, 9.17) is 30.5 Å². The number of nitrogens with two attached hydrogens (primary N) is 1. The van der Waals surface area contributed by atoms with Gasteiger partial charge < -0.3 is 26.2 Å². The predicted molar refractivity (Wildman–Crippen MR) is 189 cm³/mol. The first-order valence-electron chi connectivity index (χ1n) is 16.4. The quantitative estimate of drug-likeness (QED) is 0.154. The molecule has 1 aliphatic heterocycles. The fourth-order valence-corrected chi connectivity index (χ4v) is 5.17. The Morgan fingerprint density at radius 1 is 0.745 bits per heavy atom. The second-order valence-electron chi connectivity index (χ2n) is 11.6. The monoisotopic (exact) mass is 772 g/mol. The number of carboxylic acids is 2. The van der Waals surface area contributed by atoms with Gasteiger partial charge in [-0.25, -0.2) is 24.5 Å². The van der Waals surface area contributed by atoms with Gasteiger partial charge in [-0.3, -0.25) is 14.7 Å². The molecule has 3 aromatic heterocycles. The summed E-state index contributed by atoms with van der Waals surface area (Å²) in [4.78, 5) is 53.9. The van der Waals surface area contributed by atoms with Gasteiger partial charge >= 0.3 is 24.3 Å². The molecule has 0 aliphatic carbocycles. The van der Waals surface area contributed by atoms with E-state index in [1.165, 1.54) is 0 Å². The number of anilines is 1. The summed E-state index contributed by atoms with van der Waals surface area (Å²) in [6.45, 7) is 5.27. The number of halogens is 6. The maximum Gasteiger partial charge on any atom is 0.490 e. The van der Waals surface area contributed by atoms with Gasteiger partial charge in [-0.15, -0.1) is 0 Å². The molecule has 0 atom stereocenters. The minimum atomic E-state index is -5.08. The Labute approximate surface area is 309 Å². The summed E-state index contributed by atoms with van der Waals surface area (Å²) >= 11 is 0. The number of alkyl halides is 6. The van der Waals surface area contributed by atoms with Crippen LogP contribution in [0.3, 0.4) is 0 Å². The molecule has 6 rings (SSSR count). The van der Waals surface area contributed by atoms with E-state index >= 15 is 0 Å². The summed E-state index contributed by atoms with van der Waals surface area (Å²) in [6, 6.07) is 24.0. The van der Waals surface area contributed by atoms with Gasteiger partial charge in [0.1, 0.15) is 5.69 Å². The predicted octanol–water partition coefficient (Wildman–Crippen LogP) is 5.03. The molecule has 55 heavy (non-hydrogen) atoms. The zero-order chi connectivity index (χ0) is 40.2. The lowest BCUT2D eigenvalue weighted by Gasteiger charge is -2.34. The first-order chi connectivity index (χ1) is 26.1. The number of nitrogens with zero attached hydrogens (tertiary/aromatic N) is 6. The maximum atomic E-state index is 13.4. The Morgan fingerprint density at radius 2 is 1.33 bits per heavy atom. The summed E-state index contributed by atoms with van der Waals surface area (Å²) in [5, 5.41) is 18.1. The number of hydrogen-bond donors (Lipinski definition) is 4. The highest BCUT2D eigenvalue weighted by Crippen LogP contribution is 2.34. The zero-order valence-corrected chi connectivity index (χ0v) is 28.8. The third-order valence-corrected chi connectivity index (χ3v) is 7.91. The van der Waals surface area contributed by atoms with Gasteiger partial charge in [-0.1, -0.05) is 54.6 Å². The van der Waals surface area contributed by atoms with Crippen LogP contribution in [0.4, 0.5) is 32.3 Å². The topological polar surface area (TPSA) is 188 Å². The average molecular weight is 773 g/mol. The van der Waals surface area contributed by atoms with Crippen LogP contribution in [0.5, 0.6) is 0 Å². The molecule has 5 N–H and O–H groups in total. The van der Waals surface area contributed by atoms with Gasteiger partial charge in [-0.2, -0.15) is 26.3 Å². The number of carbonyl (C=O) groups excluding carboxylic acids is 1. The first-order valence-corrected chi connectivity index (χ1v) is 16.4. The Balaban J connectivity index is 0.000000410. The highest BCUT2D eigenvalue weighted by Gasteiger charge is 2.39. The molecule has 1 fully saturated rings. The van der Waals surface area contributed by atoms with Crippen LogP contribution in [0.2, 0.25) is 0 Å².